The quantitative estimate of drug-likeness (QED) is 0.790. The summed E-state index contributed by atoms with van der Waals surface area (Å²) >= 11 is 6.43. The lowest BCUT2D eigenvalue weighted by atomic mass is 9.88. The molecule has 2 aliphatic rings. The van der Waals surface area contributed by atoms with Crippen LogP contribution in [0, 0.1) is 11.8 Å². The molecule has 4 heteroatoms. The van der Waals surface area contributed by atoms with Crippen molar-refractivity contribution in [1.29, 1.82) is 0 Å². The van der Waals surface area contributed by atoms with E-state index in [1.54, 1.807) is 0 Å². The Morgan fingerprint density at radius 1 is 1.15 bits per heavy atom. The average molecular weight is 289 g/mol. The van der Waals surface area contributed by atoms with Crippen molar-refractivity contribution < 1.29 is 4.52 Å². The van der Waals surface area contributed by atoms with E-state index < -0.39 is 0 Å². The van der Waals surface area contributed by atoms with Gasteiger partial charge in [-0.1, -0.05) is 41.9 Å². The Labute approximate surface area is 123 Å². The Hall–Kier alpha value is -1.35. The summed E-state index contributed by atoms with van der Waals surface area (Å²) in [4.78, 5) is 4.58. The van der Waals surface area contributed by atoms with Crippen LogP contribution in [0.1, 0.15) is 54.3 Å². The van der Waals surface area contributed by atoms with Crippen molar-refractivity contribution in [2.45, 2.75) is 37.0 Å². The van der Waals surface area contributed by atoms with Gasteiger partial charge in [0, 0.05) is 5.92 Å². The van der Waals surface area contributed by atoms with Crippen molar-refractivity contribution in [3.8, 4) is 0 Å². The molecule has 104 valence electrons. The van der Waals surface area contributed by atoms with Gasteiger partial charge in [-0.15, -0.1) is 11.6 Å². The van der Waals surface area contributed by atoms with Gasteiger partial charge in [0.1, 0.15) is 5.38 Å². The number of hydrogen-bond acceptors (Lipinski definition) is 3. The zero-order valence-corrected chi connectivity index (χ0v) is 12.0. The van der Waals surface area contributed by atoms with E-state index in [9.17, 15) is 0 Å². The molecule has 0 radical (unpaired) electrons. The maximum absolute atomic E-state index is 6.43. The third kappa shape index (κ3) is 2.05. The molecule has 2 fully saturated rings. The molecule has 2 saturated carbocycles. The van der Waals surface area contributed by atoms with Gasteiger partial charge < -0.3 is 4.52 Å². The van der Waals surface area contributed by atoms with Gasteiger partial charge in [-0.05, 0) is 36.7 Å². The summed E-state index contributed by atoms with van der Waals surface area (Å²) in [6, 6.07) is 9.88. The van der Waals surface area contributed by atoms with E-state index in [2.05, 4.69) is 10.1 Å². The van der Waals surface area contributed by atoms with Crippen molar-refractivity contribution in [2.24, 2.45) is 11.8 Å². The van der Waals surface area contributed by atoms with Gasteiger partial charge in [0.2, 0.25) is 5.89 Å². The minimum Gasteiger partial charge on any atom is -0.337 e. The van der Waals surface area contributed by atoms with Crippen molar-refractivity contribution in [1.82, 2.24) is 10.1 Å². The molecule has 1 heterocycles. The van der Waals surface area contributed by atoms with Crippen LogP contribution in [-0.2, 0) is 0 Å². The molecular formula is C16H17ClN2O. The molecule has 20 heavy (non-hydrogen) atoms. The minimum atomic E-state index is -0.351. The molecule has 2 aromatic rings. The number of hydrogen-bond donors (Lipinski definition) is 0. The van der Waals surface area contributed by atoms with Crippen LogP contribution in [0.4, 0.5) is 0 Å². The molecule has 4 atom stereocenters. The Balaban J connectivity index is 1.56. The van der Waals surface area contributed by atoms with Crippen molar-refractivity contribution in [3.05, 3.63) is 47.6 Å². The zero-order valence-electron chi connectivity index (χ0n) is 11.2. The van der Waals surface area contributed by atoms with E-state index in [0.717, 1.165) is 23.2 Å². The Morgan fingerprint density at radius 2 is 2.00 bits per heavy atom. The van der Waals surface area contributed by atoms with Crippen LogP contribution in [0.5, 0.6) is 0 Å². The van der Waals surface area contributed by atoms with Gasteiger partial charge >= 0.3 is 0 Å². The summed E-state index contributed by atoms with van der Waals surface area (Å²) < 4.78 is 5.41. The highest BCUT2D eigenvalue weighted by molar-refractivity contribution is 6.22. The first-order valence-electron chi connectivity index (χ1n) is 7.34. The van der Waals surface area contributed by atoms with Crippen LogP contribution in [-0.4, -0.2) is 10.1 Å². The highest BCUT2D eigenvalue weighted by atomic mass is 35.5. The SMILES string of the molecule is ClC(c1ccccc1)c1nc(C2CC3CCC2C3)no1. The fraction of sp³-hybridized carbons (Fsp3) is 0.500. The lowest BCUT2D eigenvalue weighted by Gasteiger charge is -2.17. The van der Waals surface area contributed by atoms with Crippen molar-refractivity contribution in [2.75, 3.05) is 0 Å². The normalized spacial score (nSPS) is 29.8. The van der Waals surface area contributed by atoms with Gasteiger partial charge in [-0.25, -0.2) is 0 Å². The fourth-order valence-electron chi connectivity index (χ4n) is 3.83. The minimum absolute atomic E-state index is 0.351. The first-order chi connectivity index (χ1) is 9.81. The monoisotopic (exact) mass is 288 g/mol. The predicted octanol–water partition coefficient (Wildman–Crippen LogP) is 4.30. The van der Waals surface area contributed by atoms with Crippen molar-refractivity contribution >= 4 is 11.6 Å². The third-order valence-electron chi connectivity index (χ3n) is 4.84. The smallest absolute Gasteiger partial charge is 0.249 e. The topological polar surface area (TPSA) is 38.9 Å². The molecule has 1 aromatic carbocycles. The molecule has 0 N–H and O–H groups in total. The first-order valence-corrected chi connectivity index (χ1v) is 7.77. The Bertz CT molecular complexity index is 598. The number of nitrogens with zero attached hydrogens (tertiary/aromatic N) is 2. The molecule has 1 aromatic heterocycles. The van der Waals surface area contributed by atoms with Crippen LogP contribution in [0.15, 0.2) is 34.9 Å². The average Bonchev–Trinajstić information content (AvgIpc) is 3.23. The van der Waals surface area contributed by atoms with Crippen molar-refractivity contribution in [3.63, 3.8) is 0 Å². The van der Waals surface area contributed by atoms with E-state index in [1.807, 2.05) is 30.3 Å². The summed E-state index contributed by atoms with van der Waals surface area (Å²) in [5.41, 5.74) is 0.998. The molecule has 4 rings (SSSR count). The third-order valence-corrected chi connectivity index (χ3v) is 5.27. The number of alkyl halides is 1. The van der Waals surface area contributed by atoms with Crippen LogP contribution in [0.2, 0.25) is 0 Å². The van der Waals surface area contributed by atoms with Gasteiger partial charge in [-0.3, -0.25) is 0 Å². The van der Waals surface area contributed by atoms with E-state index in [4.69, 9.17) is 16.1 Å². The summed E-state index contributed by atoms with van der Waals surface area (Å²) in [6.45, 7) is 0. The molecule has 0 spiro atoms. The molecule has 2 bridgehead atoms. The number of fused-ring (bicyclic) bond motifs is 2. The standard InChI is InChI=1S/C16H17ClN2O/c17-14(11-4-2-1-3-5-11)16-18-15(19-20-16)13-9-10-6-7-12(13)8-10/h1-5,10,12-14H,6-9H2. The maximum atomic E-state index is 6.43. The molecule has 0 aliphatic heterocycles. The second-order valence-electron chi connectivity index (χ2n) is 6.05. The zero-order chi connectivity index (χ0) is 13.5. The van der Waals surface area contributed by atoms with Crippen LogP contribution < -0.4 is 0 Å². The Kier molecular flexibility index (Phi) is 3.03. The van der Waals surface area contributed by atoms with E-state index >= 15 is 0 Å². The summed E-state index contributed by atoms with van der Waals surface area (Å²) in [5, 5.41) is 3.84. The fourth-order valence-corrected chi connectivity index (χ4v) is 4.06. The molecule has 0 amide bonds. The summed E-state index contributed by atoms with van der Waals surface area (Å²) in [6.07, 6.45) is 5.27. The number of rotatable bonds is 3. The number of halogens is 1. The lowest BCUT2D eigenvalue weighted by Crippen LogP contribution is -2.10. The largest absolute Gasteiger partial charge is 0.337 e. The van der Waals surface area contributed by atoms with Gasteiger partial charge in [0.15, 0.2) is 5.82 Å². The summed E-state index contributed by atoms with van der Waals surface area (Å²) in [5.74, 6) is 3.53. The van der Waals surface area contributed by atoms with Gasteiger partial charge in [0.25, 0.3) is 0 Å². The van der Waals surface area contributed by atoms with Crippen LogP contribution in [0.3, 0.4) is 0 Å². The highest BCUT2D eigenvalue weighted by Crippen LogP contribution is 2.52. The van der Waals surface area contributed by atoms with Gasteiger partial charge in [-0.2, -0.15) is 4.98 Å². The second-order valence-corrected chi connectivity index (χ2v) is 6.48. The predicted molar refractivity (Wildman–Crippen MR) is 76.6 cm³/mol. The van der Waals surface area contributed by atoms with Gasteiger partial charge in [0.05, 0.1) is 0 Å². The summed E-state index contributed by atoms with van der Waals surface area (Å²) in [7, 11) is 0. The molecule has 3 nitrogen and oxygen atoms in total. The molecular weight excluding hydrogens is 272 g/mol. The van der Waals surface area contributed by atoms with E-state index in [1.165, 1.54) is 25.7 Å². The maximum Gasteiger partial charge on any atom is 0.249 e. The number of aromatic nitrogens is 2. The van der Waals surface area contributed by atoms with E-state index in [0.29, 0.717) is 11.8 Å². The lowest BCUT2D eigenvalue weighted by molar-refractivity contribution is 0.353. The molecule has 4 unspecified atom stereocenters. The highest BCUT2D eigenvalue weighted by Gasteiger charge is 2.42. The number of benzene rings is 1. The van der Waals surface area contributed by atoms with Crippen LogP contribution in [0.25, 0.3) is 0 Å². The second kappa shape index (κ2) is 4.88. The van der Waals surface area contributed by atoms with E-state index in [-0.39, 0.29) is 5.38 Å². The molecule has 0 saturated heterocycles. The molecule has 2 aliphatic carbocycles. The Morgan fingerprint density at radius 3 is 2.70 bits per heavy atom. The van der Waals surface area contributed by atoms with Crippen LogP contribution >= 0.6 is 11.6 Å². The first kappa shape index (κ1) is 12.4.